The van der Waals surface area contributed by atoms with Gasteiger partial charge in [0, 0.05) is 55.7 Å². The Balaban J connectivity index is 1.30. The summed E-state index contributed by atoms with van der Waals surface area (Å²) < 4.78 is 40.5. The van der Waals surface area contributed by atoms with Gasteiger partial charge in [0.05, 0.1) is 17.2 Å². The van der Waals surface area contributed by atoms with E-state index in [-0.39, 0.29) is 23.6 Å². The lowest BCUT2D eigenvalue weighted by molar-refractivity contribution is 0.0781. The quantitative estimate of drug-likeness (QED) is 0.639. The van der Waals surface area contributed by atoms with Gasteiger partial charge in [-0.15, -0.1) is 0 Å². The minimum absolute atomic E-state index is 0.0548. The van der Waals surface area contributed by atoms with E-state index in [0.29, 0.717) is 55.0 Å². The molecule has 2 fully saturated rings. The highest BCUT2D eigenvalue weighted by atomic mass is 19.2. The number of halogens is 3. The van der Waals surface area contributed by atoms with Crippen molar-refractivity contribution in [1.29, 1.82) is 0 Å². The molecule has 31 heavy (non-hydrogen) atoms. The van der Waals surface area contributed by atoms with Crippen LogP contribution in [0.1, 0.15) is 22.8 Å². The Morgan fingerprint density at radius 1 is 1.00 bits per heavy atom. The molecule has 2 saturated heterocycles. The van der Waals surface area contributed by atoms with Gasteiger partial charge in [-0.1, -0.05) is 6.92 Å². The SMILES string of the molecule is CCc1cc(F)ccc1C(=O)N1CC2CN(c3cnc4cc(F)c(F)cc4n3)CC2C1. The van der Waals surface area contributed by atoms with Crippen molar-refractivity contribution in [2.24, 2.45) is 11.8 Å². The molecule has 2 aliphatic rings. The summed E-state index contributed by atoms with van der Waals surface area (Å²) in [6.45, 7) is 4.58. The fourth-order valence-corrected chi connectivity index (χ4v) is 4.73. The van der Waals surface area contributed by atoms with Crippen LogP contribution in [0.3, 0.4) is 0 Å². The van der Waals surface area contributed by atoms with E-state index >= 15 is 0 Å². The van der Waals surface area contributed by atoms with Gasteiger partial charge in [-0.2, -0.15) is 0 Å². The lowest BCUT2D eigenvalue weighted by Gasteiger charge is -2.23. The van der Waals surface area contributed by atoms with E-state index in [0.717, 1.165) is 17.7 Å². The number of anilines is 1. The van der Waals surface area contributed by atoms with E-state index in [1.165, 1.54) is 12.1 Å². The first-order valence-corrected chi connectivity index (χ1v) is 10.4. The molecule has 8 heteroatoms. The molecule has 2 aromatic carbocycles. The van der Waals surface area contributed by atoms with Crippen LogP contribution in [-0.4, -0.2) is 47.0 Å². The normalized spacial score (nSPS) is 20.5. The van der Waals surface area contributed by atoms with Gasteiger partial charge < -0.3 is 9.80 Å². The summed E-state index contributed by atoms with van der Waals surface area (Å²) in [5, 5.41) is 0. The maximum absolute atomic E-state index is 13.6. The fraction of sp³-hybridized carbons (Fsp3) is 0.348. The Morgan fingerprint density at radius 3 is 2.35 bits per heavy atom. The molecule has 160 valence electrons. The van der Waals surface area contributed by atoms with Gasteiger partial charge in [0.15, 0.2) is 11.6 Å². The Hall–Kier alpha value is -3.16. The van der Waals surface area contributed by atoms with Crippen molar-refractivity contribution in [3.63, 3.8) is 0 Å². The van der Waals surface area contributed by atoms with Gasteiger partial charge >= 0.3 is 0 Å². The number of fused-ring (bicyclic) bond motifs is 2. The van der Waals surface area contributed by atoms with Crippen molar-refractivity contribution < 1.29 is 18.0 Å². The van der Waals surface area contributed by atoms with E-state index in [9.17, 15) is 18.0 Å². The first-order chi connectivity index (χ1) is 14.9. The molecule has 3 heterocycles. The van der Waals surface area contributed by atoms with Crippen molar-refractivity contribution >= 4 is 22.8 Å². The Morgan fingerprint density at radius 2 is 1.68 bits per heavy atom. The van der Waals surface area contributed by atoms with Crippen molar-refractivity contribution in [1.82, 2.24) is 14.9 Å². The number of carbonyl (C=O) groups excluding carboxylic acids is 1. The van der Waals surface area contributed by atoms with E-state index in [4.69, 9.17) is 0 Å². The van der Waals surface area contributed by atoms with E-state index in [2.05, 4.69) is 14.9 Å². The zero-order chi connectivity index (χ0) is 21.7. The molecule has 1 aromatic heterocycles. The molecule has 0 aliphatic carbocycles. The van der Waals surface area contributed by atoms with Crippen LogP contribution in [0.4, 0.5) is 19.0 Å². The van der Waals surface area contributed by atoms with E-state index in [1.807, 2.05) is 11.8 Å². The number of aryl methyl sites for hydroxylation is 1. The van der Waals surface area contributed by atoms with E-state index < -0.39 is 11.6 Å². The number of nitrogens with zero attached hydrogens (tertiary/aromatic N) is 4. The van der Waals surface area contributed by atoms with Gasteiger partial charge in [0.1, 0.15) is 11.6 Å². The standard InChI is InChI=1S/C23H21F3N4O/c1-2-13-5-16(24)3-4-17(13)23(31)30-11-14-9-29(10-15(14)12-30)22-8-27-20-6-18(25)19(26)7-21(20)28-22/h3-8,14-15H,2,9-12H2,1H3. The number of benzene rings is 2. The van der Waals surface area contributed by atoms with Crippen LogP contribution in [-0.2, 0) is 6.42 Å². The molecular formula is C23H21F3N4O. The average Bonchev–Trinajstić information content (AvgIpc) is 3.33. The number of hydrogen-bond acceptors (Lipinski definition) is 4. The lowest BCUT2D eigenvalue weighted by atomic mass is 10.0. The van der Waals surface area contributed by atoms with Gasteiger partial charge in [0.2, 0.25) is 0 Å². The fourth-order valence-electron chi connectivity index (χ4n) is 4.73. The molecule has 1 amide bonds. The molecule has 0 bridgehead atoms. The number of carbonyl (C=O) groups is 1. The summed E-state index contributed by atoms with van der Waals surface area (Å²) in [7, 11) is 0. The van der Waals surface area contributed by atoms with Crippen LogP contribution in [0, 0.1) is 29.3 Å². The van der Waals surface area contributed by atoms with Crippen LogP contribution in [0.2, 0.25) is 0 Å². The minimum Gasteiger partial charge on any atom is -0.355 e. The molecule has 0 radical (unpaired) electrons. The molecule has 5 nitrogen and oxygen atoms in total. The topological polar surface area (TPSA) is 49.3 Å². The molecule has 3 aromatic rings. The third-order valence-electron chi connectivity index (χ3n) is 6.35. The average molecular weight is 426 g/mol. The molecule has 2 unspecified atom stereocenters. The number of hydrogen-bond donors (Lipinski definition) is 0. The van der Waals surface area contributed by atoms with Crippen LogP contribution in [0.5, 0.6) is 0 Å². The summed E-state index contributed by atoms with van der Waals surface area (Å²) in [5.41, 5.74) is 1.91. The van der Waals surface area contributed by atoms with Crippen LogP contribution in [0.25, 0.3) is 11.0 Å². The molecule has 2 atom stereocenters. The Labute approximate surface area is 177 Å². The second-order valence-electron chi connectivity index (χ2n) is 8.27. The zero-order valence-electron chi connectivity index (χ0n) is 17.0. The second-order valence-corrected chi connectivity index (χ2v) is 8.27. The van der Waals surface area contributed by atoms with Crippen molar-refractivity contribution in [3.8, 4) is 0 Å². The molecule has 2 aliphatic heterocycles. The number of amides is 1. The summed E-state index contributed by atoms with van der Waals surface area (Å²) in [4.78, 5) is 25.6. The van der Waals surface area contributed by atoms with Crippen LogP contribution in [0.15, 0.2) is 36.5 Å². The molecule has 0 spiro atoms. The summed E-state index contributed by atoms with van der Waals surface area (Å²) >= 11 is 0. The van der Waals surface area contributed by atoms with Crippen LogP contribution < -0.4 is 4.90 Å². The first-order valence-electron chi connectivity index (χ1n) is 10.4. The number of rotatable bonds is 3. The molecule has 0 saturated carbocycles. The predicted octanol–water partition coefficient (Wildman–Crippen LogP) is 3.82. The maximum atomic E-state index is 13.6. The van der Waals surface area contributed by atoms with Gasteiger partial charge in [-0.05, 0) is 30.2 Å². The highest BCUT2D eigenvalue weighted by Gasteiger charge is 2.42. The molecule has 5 rings (SSSR count). The Kier molecular flexibility index (Phi) is 4.79. The highest BCUT2D eigenvalue weighted by molar-refractivity contribution is 5.96. The maximum Gasteiger partial charge on any atom is 0.254 e. The number of likely N-dealkylation sites (tertiary alicyclic amines) is 1. The summed E-state index contributed by atoms with van der Waals surface area (Å²) in [6.07, 6.45) is 2.17. The molecule has 0 N–H and O–H groups in total. The summed E-state index contributed by atoms with van der Waals surface area (Å²) in [5.74, 6) is -1.07. The summed E-state index contributed by atoms with van der Waals surface area (Å²) in [6, 6.07) is 6.44. The first kappa shape index (κ1) is 19.8. The van der Waals surface area contributed by atoms with Crippen molar-refractivity contribution in [2.45, 2.75) is 13.3 Å². The lowest BCUT2D eigenvalue weighted by Crippen LogP contribution is -2.34. The van der Waals surface area contributed by atoms with E-state index in [1.54, 1.807) is 12.3 Å². The van der Waals surface area contributed by atoms with Crippen molar-refractivity contribution in [3.05, 3.63) is 65.1 Å². The second kappa shape index (κ2) is 7.51. The third kappa shape index (κ3) is 3.49. The minimum atomic E-state index is -0.946. The molecular weight excluding hydrogens is 405 g/mol. The van der Waals surface area contributed by atoms with Gasteiger partial charge in [-0.25, -0.2) is 18.2 Å². The largest absolute Gasteiger partial charge is 0.355 e. The predicted molar refractivity (Wildman–Crippen MR) is 110 cm³/mol. The number of aromatic nitrogens is 2. The monoisotopic (exact) mass is 426 g/mol. The van der Waals surface area contributed by atoms with Crippen LogP contribution >= 0.6 is 0 Å². The highest BCUT2D eigenvalue weighted by Crippen LogP contribution is 2.34. The van der Waals surface area contributed by atoms with Crippen molar-refractivity contribution in [2.75, 3.05) is 31.1 Å². The third-order valence-corrected chi connectivity index (χ3v) is 6.35. The smallest absolute Gasteiger partial charge is 0.254 e. The zero-order valence-corrected chi connectivity index (χ0v) is 17.0. The Bertz CT molecular complexity index is 1170. The van der Waals surface area contributed by atoms with Gasteiger partial charge in [0.25, 0.3) is 5.91 Å². The van der Waals surface area contributed by atoms with Gasteiger partial charge in [-0.3, -0.25) is 9.78 Å².